The van der Waals surface area contributed by atoms with E-state index in [0.717, 1.165) is 17.9 Å². The van der Waals surface area contributed by atoms with Crippen LogP contribution < -0.4 is 14.8 Å². The highest BCUT2D eigenvalue weighted by atomic mass is 35.5. The summed E-state index contributed by atoms with van der Waals surface area (Å²) in [6, 6.07) is 14.4. The maximum atomic E-state index is 11.4. The van der Waals surface area contributed by atoms with Crippen molar-refractivity contribution in [2.45, 2.75) is 6.42 Å². The number of hydrogen-bond donors (Lipinski definition) is 1. The number of amides is 1. The number of halogens is 1. The second-order valence-electron chi connectivity index (χ2n) is 5.01. The van der Waals surface area contributed by atoms with E-state index in [9.17, 15) is 4.79 Å². The van der Waals surface area contributed by atoms with Gasteiger partial charge in [-0.15, -0.1) is 0 Å². The molecule has 0 aliphatic heterocycles. The molecular weight excluding hydrogens is 330 g/mol. The monoisotopic (exact) mass is 349 g/mol. The van der Waals surface area contributed by atoms with Crippen LogP contribution in [0, 0.1) is 0 Å². The lowest BCUT2D eigenvalue weighted by atomic mass is 10.3. The Hall–Kier alpha value is -2.24. The molecule has 5 nitrogen and oxygen atoms in total. The summed E-state index contributed by atoms with van der Waals surface area (Å²) in [5, 5.41) is 3.41. The molecule has 2 aromatic rings. The third kappa shape index (κ3) is 6.48. The Morgan fingerprint density at radius 1 is 0.958 bits per heavy atom. The van der Waals surface area contributed by atoms with Gasteiger partial charge in [-0.05, 0) is 48.5 Å². The molecule has 128 valence electrons. The van der Waals surface area contributed by atoms with E-state index in [0.29, 0.717) is 23.9 Å². The second kappa shape index (κ2) is 9.80. The summed E-state index contributed by atoms with van der Waals surface area (Å²) >= 11 is 5.81. The third-order valence-electron chi connectivity index (χ3n) is 3.05. The number of carbonyl (C=O) groups is 1. The zero-order valence-electron chi connectivity index (χ0n) is 13.5. The smallest absolute Gasteiger partial charge is 0.250 e. The quantitative estimate of drug-likeness (QED) is 0.700. The first-order valence-corrected chi connectivity index (χ1v) is 7.95. The highest BCUT2D eigenvalue weighted by Crippen LogP contribution is 2.17. The molecule has 0 saturated carbocycles. The standard InChI is InChI=1S/C18H20ClNO4/c1-22-13-18(21)20-15-5-9-17(10-6-15)24-12-2-11-23-16-7-3-14(19)4-8-16/h3-10H,2,11-13H2,1H3,(H,20,21). The van der Waals surface area contributed by atoms with Crippen LogP contribution in [0.25, 0.3) is 0 Å². The molecule has 0 radical (unpaired) electrons. The van der Waals surface area contributed by atoms with Crippen LogP contribution in [0.1, 0.15) is 6.42 Å². The minimum atomic E-state index is -0.189. The molecule has 24 heavy (non-hydrogen) atoms. The lowest BCUT2D eigenvalue weighted by molar-refractivity contribution is -0.119. The van der Waals surface area contributed by atoms with E-state index >= 15 is 0 Å². The summed E-state index contributed by atoms with van der Waals surface area (Å²) in [4.78, 5) is 11.4. The molecule has 0 fully saturated rings. The van der Waals surface area contributed by atoms with E-state index in [-0.39, 0.29) is 12.5 Å². The van der Waals surface area contributed by atoms with Crippen molar-refractivity contribution < 1.29 is 19.0 Å². The normalized spacial score (nSPS) is 10.2. The van der Waals surface area contributed by atoms with E-state index in [1.807, 2.05) is 24.3 Å². The molecule has 0 aliphatic rings. The van der Waals surface area contributed by atoms with Gasteiger partial charge in [0, 0.05) is 24.2 Å². The molecule has 0 bridgehead atoms. The average molecular weight is 350 g/mol. The largest absolute Gasteiger partial charge is 0.493 e. The molecule has 0 spiro atoms. The van der Waals surface area contributed by atoms with Crippen molar-refractivity contribution >= 4 is 23.2 Å². The first-order valence-electron chi connectivity index (χ1n) is 7.57. The SMILES string of the molecule is COCC(=O)Nc1ccc(OCCCOc2ccc(Cl)cc2)cc1. The molecular formula is C18H20ClNO4. The van der Waals surface area contributed by atoms with Gasteiger partial charge in [-0.2, -0.15) is 0 Å². The molecule has 0 saturated heterocycles. The van der Waals surface area contributed by atoms with Crippen molar-refractivity contribution in [3.8, 4) is 11.5 Å². The zero-order chi connectivity index (χ0) is 17.2. The van der Waals surface area contributed by atoms with Gasteiger partial charge in [0.15, 0.2) is 0 Å². The van der Waals surface area contributed by atoms with Crippen LogP contribution in [0.2, 0.25) is 5.02 Å². The predicted octanol–water partition coefficient (Wildman–Crippen LogP) is 3.77. The van der Waals surface area contributed by atoms with Gasteiger partial charge >= 0.3 is 0 Å². The number of nitrogens with one attached hydrogen (secondary N) is 1. The van der Waals surface area contributed by atoms with E-state index in [4.69, 9.17) is 25.8 Å². The van der Waals surface area contributed by atoms with Gasteiger partial charge < -0.3 is 19.5 Å². The Balaban J connectivity index is 1.65. The summed E-state index contributed by atoms with van der Waals surface area (Å²) in [6.07, 6.45) is 0.759. The first-order chi connectivity index (χ1) is 11.7. The highest BCUT2D eigenvalue weighted by molar-refractivity contribution is 6.30. The van der Waals surface area contributed by atoms with Gasteiger partial charge in [0.05, 0.1) is 13.2 Å². The molecule has 0 aromatic heterocycles. The fourth-order valence-electron chi connectivity index (χ4n) is 1.93. The van der Waals surface area contributed by atoms with Crippen LogP contribution >= 0.6 is 11.6 Å². The van der Waals surface area contributed by atoms with Crippen LogP contribution in [-0.2, 0) is 9.53 Å². The summed E-state index contributed by atoms with van der Waals surface area (Å²) < 4.78 is 16.0. The molecule has 2 aromatic carbocycles. The molecule has 1 N–H and O–H groups in total. The summed E-state index contributed by atoms with van der Waals surface area (Å²) in [5.74, 6) is 1.34. The molecule has 6 heteroatoms. The van der Waals surface area contributed by atoms with E-state index in [1.54, 1.807) is 24.3 Å². The average Bonchev–Trinajstić information content (AvgIpc) is 2.58. The Kier molecular flexibility index (Phi) is 7.39. The maximum Gasteiger partial charge on any atom is 0.250 e. The van der Waals surface area contributed by atoms with Crippen LogP contribution in [0.5, 0.6) is 11.5 Å². The van der Waals surface area contributed by atoms with Crippen LogP contribution in [0.15, 0.2) is 48.5 Å². The predicted molar refractivity (Wildman–Crippen MR) is 94.0 cm³/mol. The number of ether oxygens (including phenoxy) is 3. The third-order valence-corrected chi connectivity index (χ3v) is 3.31. The van der Waals surface area contributed by atoms with Gasteiger partial charge in [-0.3, -0.25) is 4.79 Å². The van der Waals surface area contributed by atoms with Gasteiger partial charge in [0.25, 0.3) is 0 Å². The topological polar surface area (TPSA) is 56.8 Å². The fourth-order valence-corrected chi connectivity index (χ4v) is 2.06. The minimum Gasteiger partial charge on any atom is -0.493 e. The molecule has 1 amide bonds. The van der Waals surface area contributed by atoms with Gasteiger partial charge in [0.2, 0.25) is 5.91 Å². The molecule has 0 heterocycles. The minimum absolute atomic E-state index is 0.0336. The van der Waals surface area contributed by atoms with Crippen LogP contribution in [0.3, 0.4) is 0 Å². The van der Waals surface area contributed by atoms with E-state index in [1.165, 1.54) is 7.11 Å². The maximum absolute atomic E-state index is 11.4. The van der Waals surface area contributed by atoms with Gasteiger partial charge in [-0.25, -0.2) is 0 Å². The van der Waals surface area contributed by atoms with Gasteiger partial charge in [-0.1, -0.05) is 11.6 Å². The van der Waals surface area contributed by atoms with Crippen molar-refractivity contribution in [3.63, 3.8) is 0 Å². The summed E-state index contributed by atoms with van der Waals surface area (Å²) in [5.41, 5.74) is 0.704. The Morgan fingerprint density at radius 3 is 2.04 bits per heavy atom. The highest BCUT2D eigenvalue weighted by Gasteiger charge is 2.01. The van der Waals surface area contributed by atoms with E-state index in [2.05, 4.69) is 5.32 Å². The summed E-state index contributed by atoms with van der Waals surface area (Å²) in [7, 11) is 1.48. The van der Waals surface area contributed by atoms with Gasteiger partial charge in [0.1, 0.15) is 18.1 Å². The fraction of sp³-hybridized carbons (Fsp3) is 0.278. The molecule has 0 unspecified atom stereocenters. The van der Waals surface area contributed by atoms with Crippen LogP contribution in [-0.4, -0.2) is 32.8 Å². The van der Waals surface area contributed by atoms with Crippen molar-refractivity contribution in [3.05, 3.63) is 53.6 Å². The van der Waals surface area contributed by atoms with Crippen molar-refractivity contribution in [2.75, 3.05) is 32.2 Å². The first kappa shape index (κ1) is 18.1. The Bertz CT molecular complexity index is 628. The number of benzene rings is 2. The Morgan fingerprint density at radius 2 is 1.50 bits per heavy atom. The number of anilines is 1. The zero-order valence-corrected chi connectivity index (χ0v) is 14.2. The number of methoxy groups -OCH3 is 1. The molecule has 2 rings (SSSR count). The second-order valence-corrected chi connectivity index (χ2v) is 5.45. The number of hydrogen-bond acceptors (Lipinski definition) is 4. The Labute approximate surface area is 146 Å². The van der Waals surface area contributed by atoms with E-state index < -0.39 is 0 Å². The molecule has 0 atom stereocenters. The summed E-state index contributed by atoms with van der Waals surface area (Å²) in [6.45, 7) is 1.14. The number of rotatable bonds is 9. The van der Waals surface area contributed by atoms with Crippen molar-refractivity contribution in [2.24, 2.45) is 0 Å². The van der Waals surface area contributed by atoms with Crippen molar-refractivity contribution in [1.82, 2.24) is 0 Å². The number of carbonyl (C=O) groups excluding carboxylic acids is 1. The van der Waals surface area contributed by atoms with Crippen LogP contribution in [0.4, 0.5) is 5.69 Å². The van der Waals surface area contributed by atoms with Crippen molar-refractivity contribution in [1.29, 1.82) is 0 Å². The lowest BCUT2D eigenvalue weighted by Crippen LogP contribution is -2.16. The molecule has 0 aliphatic carbocycles. The lowest BCUT2D eigenvalue weighted by Gasteiger charge is -2.09.